The first-order chi connectivity index (χ1) is 12.0. The number of carbonyl (C=O) groups excluding carboxylic acids is 2. The van der Waals surface area contributed by atoms with E-state index in [9.17, 15) is 14.7 Å². The first-order valence-electron chi connectivity index (χ1n) is 8.90. The highest BCUT2D eigenvalue weighted by atomic mass is 16.3. The van der Waals surface area contributed by atoms with Gasteiger partial charge in [-0.15, -0.1) is 0 Å². The van der Waals surface area contributed by atoms with E-state index in [0.717, 1.165) is 12.8 Å². The average molecular weight is 343 g/mol. The van der Waals surface area contributed by atoms with Gasteiger partial charge in [0.15, 0.2) is 0 Å². The number of phenols is 1. The zero-order valence-electron chi connectivity index (χ0n) is 14.5. The molecule has 1 aliphatic carbocycles. The normalized spacial score (nSPS) is 21.5. The summed E-state index contributed by atoms with van der Waals surface area (Å²) in [5.41, 5.74) is 1.70. The Morgan fingerprint density at radius 3 is 2.76 bits per heavy atom. The van der Waals surface area contributed by atoms with E-state index >= 15 is 0 Å². The topological polar surface area (TPSA) is 90.5 Å². The Kier molecular flexibility index (Phi) is 5.26. The van der Waals surface area contributed by atoms with Gasteiger partial charge in [0.1, 0.15) is 5.75 Å². The summed E-state index contributed by atoms with van der Waals surface area (Å²) in [5.74, 6) is 0.456. The number of carbonyl (C=O) groups is 2. The number of nitrogens with one attached hydrogen (secondary N) is 3. The zero-order chi connectivity index (χ0) is 17.8. The minimum Gasteiger partial charge on any atom is -0.508 e. The van der Waals surface area contributed by atoms with Gasteiger partial charge >= 0.3 is 6.03 Å². The van der Waals surface area contributed by atoms with Crippen LogP contribution in [-0.4, -0.2) is 23.6 Å². The SMILES string of the molecule is CC1=C(C(=O)NCC2CCCCC2)C(c2cccc(O)c2)NC(=O)N1. The summed E-state index contributed by atoms with van der Waals surface area (Å²) in [7, 11) is 0. The molecule has 4 N–H and O–H groups in total. The fourth-order valence-corrected chi connectivity index (χ4v) is 3.67. The number of benzene rings is 1. The lowest BCUT2D eigenvalue weighted by Gasteiger charge is -2.29. The van der Waals surface area contributed by atoms with E-state index in [-0.39, 0.29) is 17.7 Å². The molecule has 25 heavy (non-hydrogen) atoms. The van der Waals surface area contributed by atoms with E-state index in [1.165, 1.54) is 19.3 Å². The number of urea groups is 1. The van der Waals surface area contributed by atoms with Crippen LogP contribution in [0.5, 0.6) is 5.75 Å². The maximum Gasteiger partial charge on any atom is 0.319 e. The lowest BCUT2D eigenvalue weighted by atomic mass is 9.89. The Morgan fingerprint density at radius 2 is 2.04 bits per heavy atom. The first-order valence-corrected chi connectivity index (χ1v) is 8.90. The van der Waals surface area contributed by atoms with E-state index in [2.05, 4.69) is 16.0 Å². The van der Waals surface area contributed by atoms with Gasteiger partial charge in [-0.25, -0.2) is 4.79 Å². The molecule has 0 saturated heterocycles. The number of allylic oxidation sites excluding steroid dienone is 1. The number of aromatic hydroxyl groups is 1. The van der Waals surface area contributed by atoms with Crippen LogP contribution in [0.15, 0.2) is 35.5 Å². The van der Waals surface area contributed by atoms with Gasteiger partial charge < -0.3 is 21.1 Å². The Hall–Kier alpha value is -2.50. The van der Waals surface area contributed by atoms with E-state index < -0.39 is 6.04 Å². The molecule has 0 bridgehead atoms. The Balaban J connectivity index is 1.78. The van der Waals surface area contributed by atoms with Gasteiger partial charge in [-0.2, -0.15) is 0 Å². The molecule has 2 aliphatic rings. The van der Waals surface area contributed by atoms with Crippen LogP contribution in [0.25, 0.3) is 0 Å². The largest absolute Gasteiger partial charge is 0.508 e. The minimum absolute atomic E-state index is 0.102. The van der Waals surface area contributed by atoms with Crippen LogP contribution in [0.4, 0.5) is 4.79 Å². The van der Waals surface area contributed by atoms with Crippen LogP contribution in [0.1, 0.15) is 50.6 Å². The Bertz CT molecular complexity index is 693. The molecule has 3 rings (SSSR count). The van der Waals surface area contributed by atoms with Crippen molar-refractivity contribution in [2.45, 2.75) is 45.1 Å². The van der Waals surface area contributed by atoms with Gasteiger partial charge in [0.25, 0.3) is 5.91 Å². The third-order valence-corrected chi connectivity index (χ3v) is 4.99. The first kappa shape index (κ1) is 17.3. The van der Waals surface area contributed by atoms with Crippen LogP contribution < -0.4 is 16.0 Å². The molecule has 6 heteroatoms. The predicted octanol–water partition coefficient (Wildman–Crippen LogP) is 2.72. The highest BCUT2D eigenvalue weighted by molar-refractivity contribution is 5.98. The third-order valence-electron chi connectivity index (χ3n) is 4.99. The van der Waals surface area contributed by atoms with E-state index in [0.29, 0.717) is 29.3 Å². The summed E-state index contributed by atoms with van der Waals surface area (Å²) in [6.45, 7) is 2.39. The molecule has 1 aromatic carbocycles. The van der Waals surface area contributed by atoms with Gasteiger partial charge in [0.2, 0.25) is 0 Å². The lowest BCUT2D eigenvalue weighted by Crippen LogP contribution is -2.47. The molecular formula is C19H25N3O3. The molecule has 0 radical (unpaired) electrons. The number of phenolic OH excluding ortho intramolecular Hbond substituents is 1. The van der Waals surface area contributed by atoms with Gasteiger partial charge in [-0.1, -0.05) is 31.4 Å². The monoisotopic (exact) mass is 343 g/mol. The van der Waals surface area contributed by atoms with Crippen molar-refractivity contribution < 1.29 is 14.7 Å². The van der Waals surface area contributed by atoms with Crippen LogP contribution in [0.3, 0.4) is 0 Å². The van der Waals surface area contributed by atoms with Gasteiger partial charge in [0.05, 0.1) is 11.6 Å². The Labute approximate surface area is 147 Å². The Morgan fingerprint density at radius 1 is 1.28 bits per heavy atom. The van der Waals surface area contributed by atoms with Crippen molar-refractivity contribution in [1.82, 2.24) is 16.0 Å². The molecule has 1 unspecified atom stereocenters. The molecule has 0 spiro atoms. The molecule has 1 aromatic rings. The number of rotatable bonds is 4. The van der Waals surface area contributed by atoms with Gasteiger partial charge in [-0.3, -0.25) is 4.79 Å². The summed E-state index contributed by atoms with van der Waals surface area (Å²) in [5, 5.41) is 18.2. The summed E-state index contributed by atoms with van der Waals surface area (Å²) in [6.07, 6.45) is 6.05. The fraction of sp³-hybridized carbons (Fsp3) is 0.474. The summed E-state index contributed by atoms with van der Waals surface area (Å²) in [6, 6.07) is 5.69. The quantitative estimate of drug-likeness (QED) is 0.677. The maximum absolute atomic E-state index is 12.8. The van der Waals surface area contributed by atoms with Crippen LogP contribution in [-0.2, 0) is 4.79 Å². The number of amides is 3. The van der Waals surface area contributed by atoms with Crippen LogP contribution in [0.2, 0.25) is 0 Å². The van der Waals surface area contributed by atoms with Crippen LogP contribution >= 0.6 is 0 Å². The molecule has 1 aliphatic heterocycles. The highest BCUT2D eigenvalue weighted by Crippen LogP contribution is 2.29. The third kappa shape index (κ3) is 4.13. The second kappa shape index (κ2) is 7.59. The lowest BCUT2D eigenvalue weighted by molar-refractivity contribution is -0.118. The number of hydrogen-bond donors (Lipinski definition) is 4. The van der Waals surface area contributed by atoms with Crippen molar-refractivity contribution in [2.24, 2.45) is 5.92 Å². The highest BCUT2D eigenvalue weighted by Gasteiger charge is 2.31. The zero-order valence-corrected chi connectivity index (χ0v) is 14.5. The van der Waals surface area contributed by atoms with Gasteiger partial charge in [-0.05, 0) is 43.4 Å². The van der Waals surface area contributed by atoms with Crippen molar-refractivity contribution in [1.29, 1.82) is 0 Å². The molecule has 1 heterocycles. The predicted molar refractivity (Wildman–Crippen MR) is 94.8 cm³/mol. The molecule has 1 saturated carbocycles. The molecule has 0 aromatic heterocycles. The summed E-state index contributed by atoms with van der Waals surface area (Å²) in [4.78, 5) is 24.7. The van der Waals surface area contributed by atoms with Crippen molar-refractivity contribution in [3.8, 4) is 5.75 Å². The molecule has 6 nitrogen and oxygen atoms in total. The summed E-state index contributed by atoms with van der Waals surface area (Å²) >= 11 is 0. The average Bonchev–Trinajstić information content (AvgIpc) is 2.60. The molecule has 134 valence electrons. The fourth-order valence-electron chi connectivity index (χ4n) is 3.67. The standard InChI is InChI=1S/C19H25N3O3/c1-12-16(18(24)20-11-13-6-3-2-4-7-13)17(22-19(25)21-12)14-8-5-9-15(23)10-14/h5,8-10,13,17,23H,2-4,6-7,11H2,1H3,(H,20,24)(H2,21,22,25). The van der Waals surface area contributed by atoms with E-state index in [1.807, 2.05) is 0 Å². The second-order valence-electron chi connectivity index (χ2n) is 6.88. The van der Waals surface area contributed by atoms with E-state index in [4.69, 9.17) is 0 Å². The van der Waals surface area contributed by atoms with Gasteiger partial charge in [0, 0.05) is 12.2 Å². The van der Waals surface area contributed by atoms with Crippen molar-refractivity contribution in [3.05, 3.63) is 41.1 Å². The van der Waals surface area contributed by atoms with E-state index in [1.54, 1.807) is 31.2 Å². The molecule has 1 fully saturated rings. The van der Waals surface area contributed by atoms with Crippen molar-refractivity contribution >= 4 is 11.9 Å². The van der Waals surface area contributed by atoms with Crippen molar-refractivity contribution in [2.75, 3.05) is 6.54 Å². The molecule has 3 amide bonds. The summed E-state index contributed by atoms with van der Waals surface area (Å²) < 4.78 is 0. The number of hydrogen-bond acceptors (Lipinski definition) is 3. The smallest absolute Gasteiger partial charge is 0.319 e. The van der Waals surface area contributed by atoms with Crippen LogP contribution in [0, 0.1) is 5.92 Å². The maximum atomic E-state index is 12.8. The van der Waals surface area contributed by atoms with Crippen molar-refractivity contribution in [3.63, 3.8) is 0 Å². The molecule has 1 atom stereocenters. The molecular weight excluding hydrogens is 318 g/mol. The second-order valence-corrected chi connectivity index (χ2v) is 6.88. The minimum atomic E-state index is -0.577.